The fourth-order valence-electron chi connectivity index (χ4n) is 2.00. The van der Waals surface area contributed by atoms with Crippen LogP contribution in [0.5, 0.6) is 11.5 Å². The molecular formula is C16H13NO4. The van der Waals surface area contributed by atoms with Crippen molar-refractivity contribution in [1.82, 2.24) is 4.98 Å². The molecule has 0 saturated carbocycles. The number of hydrogen-bond acceptors (Lipinski definition) is 5. The maximum atomic E-state index is 12.1. The third-order valence-corrected chi connectivity index (χ3v) is 2.98. The number of benzene rings is 2. The minimum atomic E-state index is -0.454. The summed E-state index contributed by atoms with van der Waals surface area (Å²) in [5.41, 5.74) is 1.74. The van der Waals surface area contributed by atoms with Crippen LogP contribution in [0.15, 0.2) is 46.9 Å². The van der Waals surface area contributed by atoms with Crippen molar-refractivity contribution in [3.8, 4) is 11.5 Å². The molecule has 0 aliphatic heterocycles. The fraction of sp³-hybridized carbons (Fsp3) is 0.125. The van der Waals surface area contributed by atoms with E-state index in [9.17, 15) is 4.79 Å². The maximum Gasteiger partial charge on any atom is 0.343 e. The molecule has 21 heavy (non-hydrogen) atoms. The molecule has 5 nitrogen and oxygen atoms in total. The molecule has 0 radical (unpaired) electrons. The van der Waals surface area contributed by atoms with Crippen LogP contribution in [0.2, 0.25) is 0 Å². The first-order valence-electron chi connectivity index (χ1n) is 6.39. The van der Waals surface area contributed by atoms with Crippen molar-refractivity contribution in [2.75, 3.05) is 7.11 Å². The lowest BCUT2D eigenvalue weighted by atomic mass is 10.2. The van der Waals surface area contributed by atoms with E-state index in [-0.39, 0.29) is 0 Å². The highest BCUT2D eigenvalue weighted by atomic mass is 16.5. The minimum absolute atomic E-state index is 0.409. The summed E-state index contributed by atoms with van der Waals surface area (Å²) >= 11 is 0. The van der Waals surface area contributed by atoms with Crippen molar-refractivity contribution in [3.05, 3.63) is 53.9 Å². The molecule has 2 aromatic carbocycles. The molecule has 0 atom stereocenters. The lowest BCUT2D eigenvalue weighted by Crippen LogP contribution is -2.08. The first-order valence-corrected chi connectivity index (χ1v) is 6.39. The Morgan fingerprint density at radius 3 is 2.81 bits per heavy atom. The van der Waals surface area contributed by atoms with E-state index in [2.05, 4.69) is 4.98 Å². The van der Waals surface area contributed by atoms with Crippen molar-refractivity contribution in [2.45, 2.75) is 6.92 Å². The van der Waals surface area contributed by atoms with Gasteiger partial charge in [-0.15, -0.1) is 0 Å². The van der Waals surface area contributed by atoms with Crippen LogP contribution in [0.4, 0.5) is 0 Å². The lowest BCUT2D eigenvalue weighted by Gasteiger charge is -2.05. The van der Waals surface area contributed by atoms with Crippen molar-refractivity contribution >= 4 is 17.1 Å². The van der Waals surface area contributed by atoms with Crippen LogP contribution in [0.25, 0.3) is 11.1 Å². The van der Waals surface area contributed by atoms with Crippen molar-refractivity contribution in [2.24, 2.45) is 0 Å². The van der Waals surface area contributed by atoms with E-state index in [4.69, 9.17) is 13.9 Å². The second-order valence-corrected chi connectivity index (χ2v) is 4.48. The van der Waals surface area contributed by atoms with Crippen LogP contribution in [0.3, 0.4) is 0 Å². The second kappa shape index (κ2) is 5.28. The van der Waals surface area contributed by atoms with Gasteiger partial charge in [-0.3, -0.25) is 0 Å². The van der Waals surface area contributed by atoms with Gasteiger partial charge in [0.1, 0.15) is 17.0 Å². The maximum absolute atomic E-state index is 12.1. The molecule has 0 saturated heterocycles. The fourth-order valence-corrected chi connectivity index (χ4v) is 2.00. The van der Waals surface area contributed by atoms with Gasteiger partial charge in [0.05, 0.1) is 12.7 Å². The molecule has 5 heteroatoms. The lowest BCUT2D eigenvalue weighted by molar-refractivity contribution is 0.0734. The first-order chi connectivity index (χ1) is 10.2. The Balaban J connectivity index is 1.84. The minimum Gasteiger partial charge on any atom is -0.497 e. The molecule has 0 aliphatic carbocycles. The Hall–Kier alpha value is -2.82. The van der Waals surface area contributed by atoms with E-state index < -0.39 is 5.97 Å². The molecule has 0 unspecified atom stereocenters. The van der Waals surface area contributed by atoms with Gasteiger partial charge in [0.15, 0.2) is 11.5 Å². The van der Waals surface area contributed by atoms with Crippen LogP contribution in [0, 0.1) is 6.92 Å². The second-order valence-electron chi connectivity index (χ2n) is 4.48. The van der Waals surface area contributed by atoms with E-state index in [1.165, 1.54) is 0 Å². The zero-order valence-electron chi connectivity index (χ0n) is 11.6. The van der Waals surface area contributed by atoms with E-state index in [0.29, 0.717) is 28.5 Å². The number of aromatic nitrogens is 1. The number of aryl methyl sites for hydroxylation is 1. The summed E-state index contributed by atoms with van der Waals surface area (Å²) in [4.78, 5) is 16.3. The van der Waals surface area contributed by atoms with Gasteiger partial charge in [-0.1, -0.05) is 6.07 Å². The van der Waals surface area contributed by atoms with Crippen LogP contribution in [-0.2, 0) is 0 Å². The largest absolute Gasteiger partial charge is 0.497 e. The number of ether oxygens (including phenoxy) is 2. The topological polar surface area (TPSA) is 61.6 Å². The van der Waals surface area contributed by atoms with Gasteiger partial charge < -0.3 is 13.9 Å². The summed E-state index contributed by atoms with van der Waals surface area (Å²) in [6, 6.07) is 11.9. The van der Waals surface area contributed by atoms with Gasteiger partial charge in [0.25, 0.3) is 0 Å². The number of rotatable bonds is 3. The van der Waals surface area contributed by atoms with Gasteiger partial charge in [-0.2, -0.15) is 0 Å². The number of carbonyl (C=O) groups excluding carboxylic acids is 1. The highest BCUT2D eigenvalue weighted by molar-refractivity contribution is 5.92. The van der Waals surface area contributed by atoms with Gasteiger partial charge >= 0.3 is 5.97 Å². The van der Waals surface area contributed by atoms with Gasteiger partial charge in [-0.25, -0.2) is 9.78 Å². The summed E-state index contributed by atoms with van der Waals surface area (Å²) in [6.07, 6.45) is 0. The molecular weight excluding hydrogens is 270 g/mol. The molecule has 0 bridgehead atoms. The van der Waals surface area contributed by atoms with Crippen LogP contribution in [-0.4, -0.2) is 18.1 Å². The molecule has 0 aliphatic rings. The normalized spacial score (nSPS) is 10.6. The summed E-state index contributed by atoms with van der Waals surface area (Å²) in [6.45, 7) is 1.77. The molecule has 0 N–H and O–H groups in total. The third-order valence-electron chi connectivity index (χ3n) is 2.98. The molecule has 0 spiro atoms. The van der Waals surface area contributed by atoms with Crippen molar-refractivity contribution < 1.29 is 18.7 Å². The monoisotopic (exact) mass is 283 g/mol. The molecule has 106 valence electrons. The predicted octanol–water partition coefficient (Wildman–Crippen LogP) is 3.36. The van der Waals surface area contributed by atoms with Crippen LogP contribution >= 0.6 is 0 Å². The van der Waals surface area contributed by atoms with Crippen molar-refractivity contribution in [1.29, 1.82) is 0 Å². The Bertz CT molecular complexity index is 807. The Morgan fingerprint density at radius 2 is 2.00 bits per heavy atom. The molecule has 3 aromatic rings. The van der Waals surface area contributed by atoms with E-state index >= 15 is 0 Å². The smallest absolute Gasteiger partial charge is 0.343 e. The quantitative estimate of drug-likeness (QED) is 0.545. The number of hydrogen-bond donors (Lipinski definition) is 0. The average Bonchev–Trinajstić information content (AvgIpc) is 2.86. The summed E-state index contributed by atoms with van der Waals surface area (Å²) in [7, 11) is 1.55. The average molecular weight is 283 g/mol. The first kappa shape index (κ1) is 13.2. The summed E-state index contributed by atoms with van der Waals surface area (Å²) in [5.74, 6) is 1.13. The molecule has 0 amide bonds. The Labute approximate surface area is 121 Å². The highest BCUT2D eigenvalue weighted by Gasteiger charge is 2.11. The summed E-state index contributed by atoms with van der Waals surface area (Å²) in [5, 5.41) is 0. The van der Waals surface area contributed by atoms with Gasteiger partial charge in [-0.05, 0) is 30.3 Å². The van der Waals surface area contributed by atoms with Crippen LogP contribution in [0.1, 0.15) is 16.2 Å². The number of oxazole rings is 1. The number of methoxy groups -OCH3 is 1. The van der Waals surface area contributed by atoms with Crippen LogP contribution < -0.4 is 9.47 Å². The number of carbonyl (C=O) groups is 1. The standard InChI is InChI=1S/C16H13NO4/c1-10-17-14-7-6-13(9-15(14)20-10)21-16(18)11-4-3-5-12(8-11)19-2/h3-9H,1-2H3. The third kappa shape index (κ3) is 2.72. The summed E-state index contributed by atoms with van der Waals surface area (Å²) < 4.78 is 15.8. The zero-order valence-corrected chi connectivity index (χ0v) is 11.6. The van der Waals surface area contributed by atoms with E-state index in [0.717, 1.165) is 5.52 Å². The zero-order chi connectivity index (χ0) is 14.8. The number of esters is 1. The van der Waals surface area contributed by atoms with Crippen molar-refractivity contribution in [3.63, 3.8) is 0 Å². The molecule has 0 fully saturated rings. The molecule has 1 heterocycles. The van der Waals surface area contributed by atoms with Gasteiger partial charge in [0, 0.05) is 13.0 Å². The van der Waals surface area contributed by atoms with E-state index in [1.54, 1.807) is 56.5 Å². The molecule has 3 rings (SSSR count). The molecule has 1 aromatic heterocycles. The van der Waals surface area contributed by atoms with Gasteiger partial charge in [0.2, 0.25) is 0 Å². The Morgan fingerprint density at radius 1 is 1.14 bits per heavy atom. The number of fused-ring (bicyclic) bond motifs is 1. The Kier molecular flexibility index (Phi) is 3.31. The van der Waals surface area contributed by atoms with E-state index in [1.807, 2.05) is 0 Å². The highest BCUT2D eigenvalue weighted by Crippen LogP contribution is 2.22. The number of nitrogens with zero attached hydrogens (tertiary/aromatic N) is 1. The predicted molar refractivity (Wildman–Crippen MR) is 76.7 cm³/mol. The SMILES string of the molecule is COc1cccc(C(=O)Oc2ccc3nc(C)oc3c2)c1.